The molecule has 0 unspecified atom stereocenters. The molecule has 0 bridgehead atoms. The molecule has 1 saturated carbocycles. The third kappa shape index (κ3) is 3.84. The zero-order chi connectivity index (χ0) is 11.2. The Balaban J connectivity index is 1.72. The summed E-state index contributed by atoms with van der Waals surface area (Å²) in [6, 6.07) is 4.84. The van der Waals surface area contributed by atoms with Gasteiger partial charge in [-0.05, 0) is 44.4 Å². The summed E-state index contributed by atoms with van der Waals surface area (Å²) >= 11 is 5.68. The predicted octanol–water partition coefficient (Wildman–Crippen LogP) is 3.65. The number of nitrogens with zero attached hydrogens (tertiary/aromatic N) is 1. The normalized spacial score (nSPS) is 15.9. The summed E-state index contributed by atoms with van der Waals surface area (Å²) in [5.74, 6) is 1.88. The van der Waals surface area contributed by atoms with E-state index in [-0.39, 0.29) is 0 Å². The number of hydrogen-bond acceptors (Lipinski definition) is 2. The number of hydrogen-bond donors (Lipinski definition) is 0. The number of unbranched alkanes of at least 4 members (excludes halogenated alkanes) is 2. The fraction of sp³-hybridized carbons (Fsp3) is 0.692. The van der Waals surface area contributed by atoms with Crippen molar-refractivity contribution in [1.82, 2.24) is 4.90 Å². The van der Waals surface area contributed by atoms with Crippen molar-refractivity contribution in [1.29, 1.82) is 0 Å². The summed E-state index contributed by atoms with van der Waals surface area (Å²) in [5.41, 5.74) is 0. The lowest BCUT2D eigenvalue weighted by Gasteiger charge is -2.20. The summed E-state index contributed by atoms with van der Waals surface area (Å²) in [4.78, 5) is 2.55. The Hall–Kier alpha value is -0.470. The minimum atomic E-state index is 0.793. The third-order valence-electron chi connectivity index (χ3n) is 3.08. The number of furan rings is 1. The first kappa shape index (κ1) is 12.0. The molecule has 2 nitrogen and oxygen atoms in total. The molecular formula is C13H20ClNO. The van der Waals surface area contributed by atoms with Crippen molar-refractivity contribution in [3.05, 3.63) is 24.2 Å². The topological polar surface area (TPSA) is 16.4 Å². The Labute approximate surface area is 103 Å². The van der Waals surface area contributed by atoms with Crippen LogP contribution in [-0.2, 0) is 6.54 Å². The van der Waals surface area contributed by atoms with Crippen LogP contribution in [0.2, 0.25) is 0 Å². The van der Waals surface area contributed by atoms with Crippen LogP contribution in [0.5, 0.6) is 0 Å². The molecule has 1 aromatic rings. The largest absolute Gasteiger partial charge is 0.468 e. The van der Waals surface area contributed by atoms with Gasteiger partial charge in [0.25, 0.3) is 0 Å². The average molecular weight is 242 g/mol. The van der Waals surface area contributed by atoms with E-state index in [2.05, 4.69) is 11.0 Å². The van der Waals surface area contributed by atoms with Crippen LogP contribution >= 0.6 is 11.6 Å². The van der Waals surface area contributed by atoms with Gasteiger partial charge in [-0.2, -0.15) is 0 Å². The Morgan fingerprint density at radius 1 is 1.31 bits per heavy atom. The van der Waals surface area contributed by atoms with Gasteiger partial charge in [-0.1, -0.05) is 6.42 Å². The zero-order valence-corrected chi connectivity index (χ0v) is 10.5. The third-order valence-corrected chi connectivity index (χ3v) is 3.35. The van der Waals surface area contributed by atoms with E-state index in [0.717, 1.165) is 30.6 Å². The van der Waals surface area contributed by atoms with Gasteiger partial charge >= 0.3 is 0 Å². The molecule has 3 heteroatoms. The molecule has 1 aliphatic carbocycles. The highest BCUT2D eigenvalue weighted by molar-refractivity contribution is 6.17. The van der Waals surface area contributed by atoms with Gasteiger partial charge in [0.1, 0.15) is 5.76 Å². The van der Waals surface area contributed by atoms with Crippen molar-refractivity contribution in [2.24, 2.45) is 0 Å². The van der Waals surface area contributed by atoms with E-state index in [1.807, 2.05) is 6.07 Å². The van der Waals surface area contributed by atoms with Crippen molar-refractivity contribution >= 4 is 11.6 Å². The Bertz CT molecular complexity index is 282. The van der Waals surface area contributed by atoms with Gasteiger partial charge in [0, 0.05) is 11.9 Å². The molecule has 1 aromatic heterocycles. The quantitative estimate of drug-likeness (QED) is 0.510. The van der Waals surface area contributed by atoms with Gasteiger partial charge in [0.05, 0.1) is 12.8 Å². The molecule has 0 aromatic carbocycles. The van der Waals surface area contributed by atoms with E-state index < -0.39 is 0 Å². The van der Waals surface area contributed by atoms with E-state index in [1.54, 1.807) is 6.26 Å². The molecule has 0 spiro atoms. The van der Waals surface area contributed by atoms with Crippen LogP contribution in [0.1, 0.15) is 37.9 Å². The maximum absolute atomic E-state index is 5.68. The average Bonchev–Trinajstić information content (AvgIpc) is 3.02. The summed E-state index contributed by atoms with van der Waals surface area (Å²) < 4.78 is 5.41. The fourth-order valence-corrected chi connectivity index (χ4v) is 2.21. The lowest BCUT2D eigenvalue weighted by atomic mass is 10.2. The molecule has 2 rings (SSSR count). The molecule has 0 atom stereocenters. The van der Waals surface area contributed by atoms with Crippen molar-refractivity contribution < 1.29 is 4.42 Å². The minimum absolute atomic E-state index is 0.793. The predicted molar refractivity (Wildman–Crippen MR) is 66.7 cm³/mol. The van der Waals surface area contributed by atoms with Crippen LogP contribution in [0.15, 0.2) is 22.8 Å². The highest BCUT2D eigenvalue weighted by Gasteiger charge is 2.28. The van der Waals surface area contributed by atoms with E-state index >= 15 is 0 Å². The fourth-order valence-electron chi connectivity index (χ4n) is 2.02. The van der Waals surface area contributed by atoms with Crippen LogP contribution in [-0.4, -0.2) is 23.4 Å². The first-order valence-electron chi connectivity index (χ1n) is 6.22. The molecule has 90 valence electrons. The van der Waals surface area contributed by atoms with Crippen molar-refractivity contribution in [2.45, 2.75) is 44.7 Å². The molecule has 1 heterocycles. The molecule has 0 saturated heterocycles. The molecular weight excluding hydrogens is 222 g/mol. The highest BCUT2D eigenvalue weighted by Crippen LogP contribution is 2.28. The maximum atomic E-state index is 5.68. The standard InChI is InChI=1S/C13H20ClNO/c14-8-2-1-3-9-15(12-6-7-12)11-13-5-4-10-16-13/h4-5,10,12H,1-3,6-9,11H2. The second-order valence-electron chi connectivity index (χ2n) is 4.53. The van der Waals surface area contributed by atoms with Gasteiger partial charge in [0.2, 0.25) is 0 Å². The van der Waals surface area contributed by atoms with Gasteiger partial charge < -0.3 is 4.42 Å². The lowest BCUT2D eigenvalue weighted by Crippen LogP contribution is -2.26. The maximum Gasteiger partial charge on any atom is 0.117 e. The molecule has 0 amide bonds. The zero-order valence-electron chi connectivity index (χ0n) is 9.70. The molecule has 1 aliphatic rings. The first-order chi connectivity index (χ1) is 7.90. The van der Waals surface area contributed by atoms with Gasteiger partial charge in [0.15, 0.2) is 0 Å². The molecule has 0 N–H and O–H groups in total. The van der Waals surface area contributed by atoms with E-state index in [1.165, 1.54) is 32.2 Å². The summed E-state index contributed by atoms with van der Waals surface area (Å²) in [7, 11) is 0. The summed E-state index contributed by atoms with van der Waals surface area (Å²) in [6.45, 7) is 2.15. The lowest BCUT2D eigenvalue weighted by molar-refractivity contribution is 0.229. The smallest absolute Gasteiger partial charge is 0.117 e. The van der Waals surface area contributed by atoms with Crippen LogP contribution in [0.25, 0.3) is 0 Å². The number of rotatable bonds is 8. The van der Waals surface area contributed by atoms with Gasteiger partial charge in [-0.15, -0.1) is 11.6 Å². The summed E-state index contributed by atoms with van der Waals surface area (Å²) in [6.07, 6.45) is 8.11. The number of alkyl halides is 1. The Morgan fingerprint density at radius 3 is 2.81 bits per heavy atom. The van der Waals surface area contributed by atoms with Crippen molar-refractivity contribution in [2.75, 3.05) is 12.4 Å². The Morgan fingerprint density at radius 2 is 2.19 bits per heavy atom. The van der Waals surface area contributed by atoms with Crippen molar-refractivity contribution in [3.8, 4) is 0 Å². The minimum Gasteiger partial charge on any atom is -0.468 e. The van der Waals surface area contributed by atoms with Crippen LogP contribution in [0.3, 0.4) is 0 Å². The second-order valence-corrected chi connectivity index (χ2v) is 4.91. The van der Waals surface area contributed by atoms with Crippen LogP contribution in [0, 0.1) is 0 Å². The van der Waals surface area contributed by atoms with E-state index in [0.29, 0.717) is 0 Å². The van der Waals surface area contributed by atoms with E-state index in [4.69, 9.17) is 16.0 Å². The molecule has 0 aliphatic heterocycles. The second kappa shape index (κ2) is 6.31. The monoisotopic (exact) mass is 241 g/mol. The molecule has 1 fully saturated rings. The molecule has 16 heavy (non-hydrogen) atoms. The van der Waals surface area contributed by atoms with Crippen LogP contribution in [0.4, 0.5) is 0 Å². The summed E-state index contributed by atoms with van der Waals surface area (Å²) in [5, 5.41) is 0. The SMILES string of the molecule is ClCCCCCN(Cc1ccco1)C1CC1. The van der Waals surface area contributed by atoms with Gasteiger partial charge in [-0.25, -0.2) is 0 Å². The van der Waals surface area contributed by atoms with E-state index in [9.17, 15) is 0 Å². The highest BCUT2D eigenvalue weighted by atomic mass is 35.5. The van der Waals surface area contributed by atoms with Crippen LogP contribution < -0.4 is 0 Å². The first-order valence-corrected chi connectivity index (χ1v) is 6.76. The van der Waals surface area contributed by atoms with Gasteiger partial charge in [-0.3, -0.25) is 4.90 Å². The molecule has 0 radical (unpaired) electrons. The van der Waals surface area contributed by atoms with Crippen molar-refractivity contribution in [3.63, 3.8) is 0 Å². The number of halogens is 1. The Kier molecular flexibility index (Phi) is 4.73.